The topological polar surface area (TPSA) is 237 Å². The van der Waals surface area contributed by atoms with E-state index in [2.05, 4.69) is 48.5 Å². The molecule has 19 heteroatoms. The van der Waals surface area contributed by atoms with Gasteiger partial charge in [-0.25, -0.2) is 9.13 Å². The van der Waals surface area contributed by atoms with Gasteiger partial charge in [0.15, 0.2) is 12.2 Å². The Morgan fingerprint density at radius 1 is 0.305 bits per heavy atom. The molecule has 0 saturated heterocycles. The van der Waals surface area contributed by atoms with Crippen LogP contribution in [-0.2, 0) is 65.4 Å². The monoisotopic (exact) mass is 1400 g/mol. The van der Waals surface area contributed by atoms with Crippen molar-refractivity contribution in [2.24, 2.45) is 17.8 Å². The van der Waals surface area contributed by atoms with E-state index in [0.29, 0.717) is 25.7 Å². The lowest BCUT2D eigenvalue weighted by Crippen LogP contribution is -2.30. The van der Waals surface area contributed by atoms with Crippen LogP contribution in [0.2, 0.25) is 0 Å². The standard InChI is InChI=1S/C76H148O17P2/c1-8-10-11-12-33-43-50-57-73(78)86-63-71(92-75(80)60-53-46-39-32-26-20-18-22-28-35-41-48-55-68(5)6)65-90-94(82,83)88-61-70(77)62-89-95(84,85)91-66-72(64-87-74(79)58-51-44-37-30-24-19-17-21-27-34-40-47-54-67(3)4)93-76(81)59-52-45-38-31-25-16-14-13-15-23-29-36-42-49-56-69(7)9-2/h67-72,77H,8-66H2,1-7H3,(H,82,83)(H,84,85)/t69?,70-,71+,72+/m0/s1. The van der Waals surface area contributed by atoms with E-state index >= 15 is 0 Å². The Hall–Kier alpha value is -1.94. The van der Waals surface area contributed by atoms with Crippen LogP contribution in [0, 0.1) is 17.8 Å². The first-order valence-electron chi connectivity index (χ1n) is 39.4. The van der Waals surface area contributed by atoms with Gasteiger partial charge in [-0.3, -0.25) is 37.3 Å². The van der Waals surface area contributed by atoms with E-state index < -0.39 is 97.5 Å². The van der Waals surface area contributed by atoms with Gasteiger partial charge in [0, 0.05) is 25.7 Å². The highest BCUT2D eigenvalue weighted by Gasteiger charge is 2.30. The second kappa shape index (κ2) is 66.6. The molecule has 0 radical (unpaired) electrons. The number of ether oxygens (including phenoxy) is 4. The van der Waals surface area contributed by atoms with E-state index in [1.165, 1.54) is 186 Å². The van der Waals surface area contributed by atoms with Gasteiger partial charge in [-0.2, -0.15) is 0 Å². The molecule has 0 aliphatic rings. The molecule has 0 bridgehead atoms. The third-order valence-electron chi connectivity index (χ3n) is 18.0. The van der Waals surface area contributed by atoms with Gasteiger partial charge >= 0.3 is 39.5 Å². The molecule has 0 aromatic rings. The van der Waals surface area contributed by atoms with Crippen LogP contribution in [0.3, 0.4) is 0 Å². The molecule has 17 nitrogen and oxygen atoms in total. The Morgan fingerprint density at radius 3 is 0.800 bits per heavy atom. The molecule has 0 aliphatic carbocycles. The Kier molecular flexibility index (Phi) is 65.2. The number of aliphatic hydroxyl groups excluding tert-OH is 1. The summed E-state index contributed by atoms with van der Waals surface area (Å²) in [4.78, 5) is 72.7. The fourth-order valence-corrected chi connectivity index (χ4v) is 13.1. The molecule has 6 atom stereocenters. The first-order valence-corrected chi connectivity index (χ1v) is 42.4. The van der Waals surface area contributed by atoms with Crippen molar-refractivity contribution in [3.05, 3.63) is 0 Å². The fourth-order valence-electron chi connectivity index (χ4n) is 11.6. The molecule has 3 N–H and O–H groups in total. The van der Waals surface area contributed by atoms with Crippen molar-refractivity contribution in [3.63, 3.8) is 0 Å². The Balaban J connectivity index is 5.20. The fraction of sp³-hybridized carbons (Fsp3) is 0.947. The highest BCUT2D eigenvalue weighted by Crippen LogP contribution is 2.45. The Morgan fingerprint density at radius 2 is 0.537 bits per heavy atom. The zero-order valence-corrected chi connectivity index (χ0v) is 63.9. The summed E-state index contributed by atoms with van der Waals surface area (Å²) in [6.07, 6.45) is 52.7. The maximum atomic E-state index is 13.1. The molecule has 0 heterocycles. The lowest BCUT2D eigenvalue weighted by Gasteiger charge is -2.21. The summed E-state index contributed by atoms with van der Waals surface area (Å²) < 4.78 is 68.4. The summed E-state index contributed by atoms with van der Waals surface area (Å²) in [5.74, 6) is 0.283. The van der Waals surface area contributed by atoms with Crippen LogP contribution in [-0.4, -0.2) is 96.7 Å². The Labute approximate surface area is 581 Å². The predicted molar refractivity (Wildman–Crippen MR) is 386 cm³/mol. The van der Waals surface area contributed by atoms with Crippen molar-refractivity contribution < 1.29 is 80.2 Å². The van der Waals surface area contributed by atoms with Gasteiger partial charge in [-0.15, -0.1) is 0 Å². The van der Waals surface area contributed by atoms with Crippen molar-refractivity contribution in [1.29, 1.82) is 0 Å². The summed E-state index contributed by atoms with van der Waals surface area (Å²) >= 11 is 0. The molecule has 0 aromatic carbocycles. The number of phosphoric ester groups is 2. The van der Waals surface area contributed by atoms with Crippen LogP contribution in [0.4, 0.5) is 0 Å². The van der Waals surface area contributed by atoms with Crippen LogP contribution in [0.1, 0.15) is 389 Å². The zero-order chi connectivity index (χ0) is 70.1. The highest BCUT2D eigenvalue weighted by molar-refractivity contribution is 7.47. The lowest BCUT2D eigenvalue weighted by atomic mass is 9.99. The van der Waals surface area contributed by atoms with Crippen LogP contribution < -0.4 is 0 Å². The minimum absolute atomic E-state index is 0.106. The Bertz CT molecular complexity index is 1850. The van der Waals surface area contributed by atoms with Gasteiger partial charge in [0.2, 0.25) is 0 Å². The third kappa shape index (κ3) is 69.0. The van der Waals surface area contributed by atoms with E-state index in [0.717, 1.165) is 120 Å². The number of hydrogen-bond acceptors (Lipinski definition) is 15. The molecule has 95 heavy (non-hydrogen) atoms. The van der Waals surface area contributed by atoms with Crippen LogP contribution >= 0.6 is 15.6 Å². The summed E-state index contributed by atoms with van der Waals surface area (Å²) in [6.45, 7) is 11.9. The second-order valence-corrected chi connectivity index (χ2v) is 31.5. The van der Waals surface area contributed by atoms with Gasteiger partial charge in [-0.1, -0.05) is 337 Å². The van der Waals surface area contributed by atoms with E-state index in [1.807, 2.05) is 0 Å². The van der Waals surface area contributed by atoms with Crippen LogP contribution in [0.5, 0.6) is 0 Å². The summed E-state index contributed by atoms with van der Waals surface area (Å²) in [5.41, 5.74) is 0. The lowest BCUT2D eigenvalue weighted by molar-refractivity contribution is -0.161. The van der Waals surface area contributed by atoms with E-state index in [1.54, 1.807) is 0 Å². The molecular weight excluding hydrogens is 1250 g/mol. The number of hydrogen-bond donors (Lipinski definition) is 3. The van der Waals surface area contributed by atoms with Gasteiger partial charge < -0.3 is 33.8 Å². The number of esters is 4. The molecule has 0 amide bonds. The minimum atomic E-state index is -4.96. The molecule has 3 unspecified atom stereocenters. The molecule has 0 saturated carbocycles. The number of rotatable bonds is 74. The normalized spacial score (nSPS) is 14.4. The summed E-state index contributed by atoms with van der Waals surface area (Å²) in [5, 5.41) is 10.6. The van der Waals surface area contributed by atoms with Gasteiger partial charge in [0.1, 0.15) is 19.3 Å². The number of carbonyl (C=O) groups excluding carboxylic acids is 4. The zero-order valence-electron chi connectivity index (χ0n) is 62.1. The van der Waals surface area contributed by atoms with Crippen molar-refractivity contribution in [3.8, 4) is 0 Å². The van der Waals surface area contributed by atoms with Gasteiger partial charge in [0.05, 0.1) is 26.4 Å². The maximum Gasteiger partial charge on any atom is 0.472 e. The van der Waals surface area contributed by atoms with E-state index in [9.17, 15) is 43.2 Å². The minimum Gasteiger partial charge on any atom is -0.462 e. The van der Waals surface area contributed by atoms with Crippen molar-refractivity contribution in [1.82, 2.24) is 0 Å². The van der Waals surface area contributed by atoms with Crippen molar-refractivity contribution in [2.45, 2.75) is 407 Å². The first kappa shape index (κ1) is 93.1. The SMILES string of the molecule is CCCCCCCCCC(=O)OC[C@H](COP(=O)(O)OC[C@H](O)COP(=O)(O)OC[C@@H](COC(=O)CCCCCCCCCCCCCCC(C)C)OC(=O)CCCCCCCCCCCCCCCCC(C)CC)OC(=O)CCCCCCCCCCCCCCC(C)C. The van der Waals surface area contributed by atoms with Crippen LogP contribution in [0.25, 0.3) is 0 Å². The van der Waals surface area contributed by atoms with Crippen LogP contribution in [0.15, 0.2) is 0 Å². The first-order chi connectivity index (χ1) is 45.8. The molecule has 0 rings (SSSR count). The smallest absolute Gasteiger partial charge is 0.462 e. The number of unbranched alkanes of at least 4 members (excludes halogenated alkanes) is 41. The van der Waals surface area contributed by atoms with E-state index in [-0.39, 0.29) is 25.7 Å². The second-order valence-electron chi connectivity index (χ2n) is 28.6. The third-order valence-corrected chi connectivity index (χ3v) is 19.9. The van der Waals surface area contributed by atoms with E-state index in [4.69, 9.17) is 37.0 Å². The van der Waals surface area contributed by atoms with Gasteiger partial charge in [-0.05, 0) is 43.4 Å². The largest absolute Gasteiger partial charge is 0.472 e. The molecule has 0 spiro atoms. The average molecular weight is 1400 g/mol. The molecular formula is C76H148O17P2. The van der Waals surface area contributed by atoms with Crippen molar-refractivity contribution >= 4 is 39.5 Å². The number of carbonyl (C=O) groups is 4. The molecule has 0 aliphatic heterocycles. The molecule has 564 valence electrons. The molecule has 0 aromatic heterocycles. The quantitative estimate of drug-likeness (QED) is 0.0222. The average Bonchev–Trinajstić information content (AvgIpc) is 1.54. The summed E-state index contributed by atoms with van der Waals surface area (Å²) in [6, 6.07) is 0. The number of phosphoric acid groups is 2. The number of aliphatic hydroxyl groups is 1. The van der Waals surface area contributed by atoms with Gasteiger partial charge in [0.25, 0.3) is 0 Å². The highest BCUT2D eigenvalue weighted by atomic mass is 31.2. The maximum absolute atomic E-state index is 13.1. The predicted octanol–water partition coefficient (Wildman–Crippen LogP) is 22.2. The molecule has 0 fully saturated rings. The van der Waals surface area contributed by atoms with Crippen molar-refractivity contribution in [2.75, 3.05) is 39.6 Å². The summed E-state index contributed by atoms with van der Waals surface area (Å²) in [7, 11) is -9.91.